The Bertz CT molecular complexity index is 457. The number of anilines is 1. The first kappa shape index (κ1) is 12.9. The van der Waals surface area contributed by atoms with E-state index in [1.165, 1.54) is 0 Å². The smallest absolute Gasteiger partial charge is 0.264 e. The number of ether oxygens (including phenoxy) is 1. The average molecular weight is 248 g/mol. The molecule has 1 aliphatic rings. The van der Waals surface area contributed by atoms with Gasteiger partial charge in [-0.05, 0) is 36.1 Å². The molecule has 1 aliphatic heterocycles. The van der Waals surface area contributed by atoms with Crippen LogP contribution in [-0.2, 0) is 4.79 Å². The zero-order valence-electron chi connectivity index (χ0n) is 11.1. The van der Waals surface area contributed by atoms with Crippen molar-refractivity contribution in [2.45, 2.75) is 19.8 Å². The van der Waals surface area contributed by atoms with Gasteiger partial charge in [0.1, 0.15) is 5.75 Å². The van der Waals surface area contributed by atoms with Gasteiger partial charge in [-0.1, -0.05) is 19.9 Å². The minimum atomic E-state index is -0.0199. The third kappa shape index (κ3) is 2.20. The molecule has 1 amide bonds. The molecule has 0 aliphatic carbocycles. The zero-order chi connectivity index (χ0) is 13.3. The Balaban J connectivity index is 2.39. The molecule has 4 heteroatoms. The van der Waals surface area contributed by atoms with Crippen LogP contribution in [0.25, 0.3) is 0 Å². The number of hydrogen-bond donors (Lipinski definition) is 1. The van der Waals surface area contributed by atoms with Crippen LogP contribution in [0.2, 0.25) is 0 Å². The normalized spacial score (nSPS) is 16.5. The molecular weight excluding hydrogens is 228 g/mol. The first-order valence-corrected chi connectivity index (χ1v) is 6.28. The molecule has 0 spiro atoms. The van der Waals surface area contributed by atoms with Crippen LogP contribution in [0.5, 0.6) is 5.75 Å². The summed E-state index contributed by atoms with van der Waals surface area (Å²) in [5.74, 6) is 1.52. The number of benzene rings is 1. The number of rotatable bonds is 3. The maximum Gasteiger partial charge on any atom is 0.264 e. The highest BCUT2D eigenvalue weighted by Gasteiger charge is 2.24. The molecule has 0 fully saturated rings. The largest absolute Gasteiger partial charge is 0.482 e. The van der Waals surface area contributed by atoms with Crippen LogP contribution in [0.3, 0.4) is 0 Å². The predicted molar refractivity (Wildman–Crippen MR) is 72.0 cm³/mol. The third-order valence-corrected chi connectivity index (χ3v) is 3.56. The van der Waals surface area contributed by atoms with Crippen molar-refractivity contribution in [1.82, 2.24) is 0 Å². The Morgan fingerprint density at radius 1 is 1.44 bits per heavy atom. The molecule has 4 nitrogen and oxygen atoms in total. The molecule has 98 valence electrons. The lowest BCUT2D eigenvalue weighted by molar-refractivity contribution is -0.120. The Kier molecular flexibility index (Phi) is 3.57. The highest BCUT2D eigenvalue weighted by atomic mass is 16.5. The molecule has 1 unspecified atom stereocenters. The maximum atomic E-state index is 11.6. The van der Waals surface area contributed by atoms with Crippen LogP contribution < -0.4 is 15.4 Å². The summed E-state index contributed by atoms with van der Waals surface area (Å²) >= 11 is 0. The van der Waals surface area contributed by atoms with Gasteiger partial charge in [-0.25, -0.2) is 0 Å². The molecule has 1 heterocycles. The summed E-state index contributed by atoms with van der Waals surface area (Å²) in [5, 5.41) is 0. The fourth-order valence-electron chi connectivity index (χ4n) is 2.31. The van der Waals surface area contributed by atoms with E-state index in [1.807, 2.05) is 18.2 Å². The molecule has 2 N–H and O–H groups in total. The summed E-state index contributed by atoms with van der Waals surface area (Å²) in [7, 11) is 1.78. The molecule has 0 radical (unpaired) electrons. The second-order valence-corrected chi connectivity index (χ2v) is 5.05. The topological polar surface area (TPSA) is 55.6 Å². The molecule has 0 aromatic heterocycles. The van der Waals surface area contributed by atoms with Crippen LogP contribution in [0.1, 0.15) is 25.3 Å². The van der Waals surface area contributed by atoms with Crippen molar-refractivity contribution in [3.8, 4) is 5.75 Å². The number of likely N-dealkylation sites (N-methyl/N-ethyl adjacent to an activating group) is 1. The second kappa shape index (κ2) is 4.98. The third-order valence-electron chi connectivity index (χ3n) is 3.56. The van der Waals surface area contributed by atoms with E-state index in [-0.39, 0.29) is 12.5 Å². The molecule has 2 rings (SSSR count). The van der Waals surface area contributed by atoms with E-state index in [9.17, 15) is 4.79 Å². The van der Waals surface area contributed by atoms with Crippen molar-refractivity contribution in [3.63, 3.8) is 0 Å². The first-order chi connectivity index (χ1) is 8.54. The fourth-order valence-corrected chi connectivity index (χ4v) is 2.31. The Labute approximate surface area is 108 Å². The highest BCUT2D eigenvalue weighted by Crippen LogP contribution is 2.35. The van der Waals surface area contributed by atoms with Crippen LogP contribution in [0, 0.1) is 5.92 Å². The van der Waals surface area contributed by atoms with Gasteiger partial charge in [0, 0.05) is 7.05 Å². The van der Waals surface area contributed by atoms with E-state index in [4.69, 9.17) is 10.5 Å². The van der Waals surface area contributed by atoms with Crippen molar-refractivity contribution < 1.29 is 9.53 Å². The quantitative estimate of drug-likeness (QED) is 0.886. The van der Waals surface area contributed by atoms with E-state index in [0.29, 0.717) is 18.4 Å². The minimum absolute atomic E-state index is 0.0199. The van der Waals surface area contributed by atoms with Gasteiger partial charge in [-0.3, -0.25) is 4.79 Å². The Morgan fingerprint density at radius 2 is 2.17 bits per heavy atom. The number of amides is 1. The number of hydrogen-bond acceptors (Lipinski definition) is 3. The van der Waals surface area contributed by atoms with Gasteiger partial charge in [-0.2, -0.15) is 0 Å². The zero-order valence-corrected chi connectivity index (χ0v) is 11.1. The molecule has 1 atom stereocenters. The van der Waals surface area contributed by atoms with E-state index in [1.54, 1.807) is 11.9 Å². The molecule has 0 bridgehead atoms. The van der Waals surface area contributed by atoms with E-state index >= 15 is 0 Å². The Hall–Kier alpha value is -1.55. The number of nitrogens with two attached hydrogens (primary N) is 1. The summed E-state index contributed by atoms with van der Waals surface area (Å²) < 4.78 is 5.41. The van der Waals surface area contributed by atoms with Gasteiger partial charge < -0.3 is 15.4 Å². The molecular formula is C14H20N2O2. The first-order valence-electron chi connectivity index (χ1n) is 6.28. The van der Waals surface area contributed by atoms with Gasteiger partial charge in [0.25, 0.3) is 5.91 Å². The minimum Gasteiger partial charge on any atom is -0.482 e. The van der Waals surface area contributed by atoms with Gasteiger partial charge in [0.15, 0.2) is 6.61 Å². The van der Waals surface area contributed by atoms with E-state index < -0.39 is 0 Å². The highest BCUT2D eigenvalue weighted by molar-refractivity contribution is 5.97. The number of nitrogens with zero attached hydrogens (tertiary/aromatic N) is 1. The average Bonchev–Trinajstić information content (AvgIpc) is 2.35. The van der Waals surface area contributed by atoms with Crippen LogP contribution in [0.4, 0.5) is 5.69 Å². The lowest BCUT2D eigenvalue weighted by Gasteiger charge is -2.28. The van der Waals surface area contributed by atoms with Crippen LogP contribution in [-0.4, -0.2) is 26.1 Å². The lowest BCUT2D eigenvalue weighted by Crippen LogP contribution is -2.35. The van der Waals surface area contributed by atoms with E-state index in [0.717, 1.165) is 17.0 Å². The molecule has 18 heavy (non-hydrogen) atoms. The monoisotopic (exact) mass is 248 g/mol. The summed E-state index contributed by atoms with van der Waals surface area (Å²) in [4.78, 5) is 13.3. The summed E-state index contributed by atoms with van der Waals surface area (Å²) in [6.07, 6.45) is 0. The number of carbonyl (C=O) groups is 1. The van der Waals surface area contributed by atoms with Crippen LogP contribution >= 0.6 is 0 Å². The summed E-state index contributed by atoms with van der Waals surface area (Å²) in [5.41, 5.74) is 7.83. The fraction of sp³-hybridized carbons (Fsp3) is 0.500. The van der Waals surface area contributed by atoms with Crippen molar-refractivity contribution >= 4 is 11.6 Å². The molecule has 1 aromatic carbocycles. The van der Waals surface area contributed by atoms with Crippen molar-refractivity contribution in [2.24, 2.45) is 11.7 Å². The van der Waals surface area contributed by atoms with Crippen LogP contribution in [0.15, 0.2) is 18.2 Å². The van der Waals surface area contributed by atoms with Gasteiger partial charge in [0.05, 0.1) is 5.69 Å². The molecule has 0 saturated carbocycles. The second-order valence-electron chi connectivity index (χ2n) is 5.05. The van der Waals surface area contributed by atoms with Crippen molar-refractivity contribution in [2.75, 3.05) is 25.1 Å². The molecule has 1 aromatic rings. The number of fused-ring (bicyclic) bond motifs is 1. The standard InChI is InChI=1S/C14H20N2O2/c1-9(2)11(7-15)10-4-5-13-12(6-10)16(3)14(17)8-18-13/h4-6,9,11H,7-8,15H2,1-3H3. The van der Waals surface area contributed by atoms with Gasteiger partial charge >= 0.3 is 0 Å². The van der Waals surface area contributed by atoms with Crippen molar-refractivity contribution in [1.29, 1.82) is 0 Å². The maximum absolute atomic E-state index is 11.6. The number of carbonyl (C=O) groups excluding carboxylic acids is 1. The van der Waals surface area contributed by atoms with Gasteiger partial charge in [0.2, 0.25) is 0 Å². The Morgan fingerprint density at radius 3 is 2.78 bits per heavy atom. The summed E-state index contributed by atoms with van der Waals surface area (Å²) in [6.45, 7) is 5.03. The lowest BCUT2D eigenvalue weighted by atomic mass is 9.88. The molecule has 0 saturated heterocycles. The van der Waals surface area contributed by atoms with Gasteiger partial charge in [-0.15, -0.1) is 0 Å². The predicted octanol–water partition coefficient (Wildman–Crippen LogP) is 1.74. The van der Waals surface area contributed by atoms with Crippen molar-refractivity contribution in [3.05, 3.63) is 23.8 Å². The summed E-state index contributed by atoms with van der Waals surface area (Å²) in [6, 6.07) is 5.99. The SMILES string of the molecule is CC(C)C(CN)c1ccc2c(c1)N(C)C(=O)CO2. The van der Waals surface area contributed by atoms with E-state index in [2.05, 4.69) is 13.8 Å².